The number of aromatic nitrogens is 3. The number of nitro groups is 1. The third kappa shape index (κ3) is 4.36. The van der Waals surface area contributed by atoms with E-state index in [1.165, 1.54) is 36.4 Å². The molecule has 2 heterocycles. The summed E-state index contributed by atoms with van der Waals surface area (Å²) in [5.41, 5.74) is 1.16. The minimum Gasteiger partial charge on any atom is -0.394 e. The van der Waals surface area contributed by atoms with Crippen molar-refractivity contribution in [3.8, 4) is 0 Å². The molecule has 3 aromatic rings. The fourth-order valence-corrected chi connectivity index (χ4v) is 2.48. The van der Waals surface area contributed by atoms with Crippen LogP contribution in [0.25, 0.3) is 0 Å². The van der Waals surface area contributed by atoms with Gasteiger partial charge in [0.25, 0.3) is 0 Å². The number of aromatic amines is 1. The number of benzene rings is 1. The lowest BCUT2D eigenvalue weighted by atomic mass is 10.1. The minimum absolute atomic E-state index is 0.0272. The largest absolute Gasteiger partial charge is 0.394 e. The fourth-order valence-electron chi connectivity index (χ4n) is 2.48. The number of nitrogens with one attached hydrogen (secondary N) is 3. The Balaban J connectivity index is 1.89. The van der Waals surface area contributed by atoms with Gasteiger partial charge >= 0.3 is 5.69 Å². The highest BCUT2D eigenvalue weighted by Crippen LogP contribution is 2.29. The lowest BCUT2D eigenvalue weighted by Crippen LogP contribution is -2.17. The van der Waals surface area contributed by atoms with E-state index in [0.29, 0.717) is 17.2 Å². The predicted octanol–water partition coefficient (Wildman–Crippen LogP) is 3.05. The number of anilines is 3. The van der Waals surface area contributed by atoms with Crippen molar-refractivity contribution in [2.45, 2.75) is 13.0 Å². The molecule has 9 nitrogen and oxygen atoms in total. The lowest BCUT2D eigenvalue weighted by molar-refractivity contribution is -0.384. The van der Waals surface area contributed by atoms with Crippen LogP contribution < -0.4 is 10.6 Å². The van der Waals surface area contributed by atoms with Crippen molar-refractivity contribution in [1.29, 1.82) is 0 Å². The van der Waals surface area contributed by atoms with E-state index in [1.807, 2.05) is 6.92 Å². The molecule has 0 aliphatic heterocycles. The molecule has 0 unspecified atom stereocenters. The molecule has 2 aromatic heterocycles. The molecule has 4 N–H and O–H groups in total. The highest BCUT2D eigenvalue weighted by Gasteiger charge is 2.20. The zero-order valence-corrected chi connectivity index (χ0v) is 14.3. The van der Waals surface area contributed by atoms with Gasteiger partial charge in [-0.3, -0.25) is 15.2 Å². The van der Waals surface area contributed by atoms with Gasteiger partial charge in [0.2, 0.25) is 5.82 Å². The molecule has 10 heteroatoms. The van der Waals surface area contributed by atoms with Crippen LogP contribution >= 0.6 is 0 Å². The Labute approximate surface area is 153 Å². The average Bonchev–Trinajstić information content (AvgIpc) is 3.05. The van der Waals surface area contributed by atoms with Crippen LogP contribution in [0, 0.1) is 22.9 Å². The van der Waals surface area contributed by atoms with Crippen LogP contribution in [0.5, 0.6) is 0 Å². The molecule has 0 radical (unpaired) electrons. The van der Waals surface area contributed by atoms with E-state index < -0.39 is 16.8 Å². The number of aryl methyl sites for hydroxylation is 1. The van der Waals surface area contributed by atoms with E-state index in [2.05, 4.69) is 25.8 Å². The molecule has 0 saturated carbocycles. The number of hydrogen-bond donors (Lipinski definition) is 4. The van der Waals surface area contributed by atoms with Gasteiger partial charge in [-0.2, -0.15) is 5.10 Å². The van der Waals surface area contributed by atoms with Crippen LogP contribution in [0.15, 0.2) is 42.5 Å². The molecule has 140 valence electrons. The third-order valence-electron chi connectivity index (χ3n) is 3.80. The second kappa shape index (κ2) is 7.79. The maximum absolute atomic E-state index is 13.1. The van der Waals surface area contributed by atoms with E-state index in [9.17, 15) is 19.6 Å². The molecule has 1 atom stereocenters. The Hall–Kier alpha value is -3.53. The van der Waals surface area contributed by atoms with Crippen LogP contribution in [-0.2, 0) is 0 Å². The number of aliphatic hydroxyl groups is 1. The summed E-state index contributed by atoms with van der Waals surface area (Å²) in [7, 11) is 0. The number of aliphatic hydroxyl groups excluding tert-OH is 1. The van der Waals surface area contributed by atoms with Gasteiger partial charge in [0.05, 0.1) is 17.6 Å². The van der Waals surface area contributed by atoms with Gasteiger partial charge in [-0.05, 0) is 30.7 Å². The summed E-state index contributed by atoms with van der Waals surface area (Å²) in [4.78, 5) is 15.0. The van der Waals surface area contributed by atoms with Crippen molar-refractivity contribution in [2.75, 3.05) is 17.2 Å². The van der Waals surface area contributed by atoms with Gasteiger partial charge in [-0.15, -0.1) is 0 Å². The molecule has 1 aromatic carbocycles. The molecular weight excluding hydrogens is 355 g/mol. The normalized spacial score (nSPS) is 11.8. The van der Waals surface area contributed by atoms with Gasteiger partial charge in [0.1, 0.15) is 11.6 Å². The molecule has 0 fully saturated rings. The molecule has 0 amide bonds. The molecule has 3 rings (SSSR count). The Morgan fingerprint density at radius 1 is 1.26 bits per heavy atom. The number of halogens is 1. The van der Waals surface area contributed by atoms with Crippen LogP contribution in [0.1, 0.15) is 17.3 Å². The quantitative estimate of drug-likeness (QED) is 0.370. The monoisotopic (exact) mass is 372 g/mol. The standard InChI is InChI=1S/C17H17FN6O3/c1-10-8-16(23-22-10)20-15-7-6-14(24(26)27)17(21-15)19-13(9-25)11-2-4-12(18)5-3-11/h2-8,13,25H,9H2,1H3,(H3,19,20,21,22,23)/t13-/m0/s1. The third-order valence-corrected chi connectivity index (χ3v) is 3.80. The molecule has 0 aliphatic carbocycles. The first-order valence-electron chi connectivity index (χ1n) is 8.03. The number of H-pyrrole nitrogens is 1. The molecule has 0 bridgehead atoms. The lowest BCUT2D eigenvalue weighted by Gasteiger charge is -2.18. The first kappa shape index (κ1) is 18.3. The van der Waals surface area contributed by atoms with Gasteiger partial charge in [0, 0.05) is 17.8 Å². The first-order chi connectivity index (χ1) is 13.0. The Kier molecular flexibility index (Phi) is 5.27. The van der Waals surface area contributed by atoms with Crippen LogP contribution in [0.3, 0.4) is 0 Å². The summed E-state index contributed by atoms with van der Waals surface area (Å²) in [6.45, 7) is 1.48. The van der Waals surface area contributed by atoms with Crippen molar-refractivity contribution in [3.05, 3.63) is 69.7 Å². The van der Waals surface area contributed by atoms with Gasteiger partial charge in [-0.1, -0.05) is 12.1 Å². The zero-order chi connectivity index (χ0) is 19.4. The number of nitrogens with zero attached hydrogens (tertiary/aromatic N) is 3. The number of rotatable bonds is 7. The Morgan fingerprint density at radius 2 is 2.00 bits per heavy atom. The molecule has 27 heavy (non-hydrogen) atoms. The van der Waals surface area contributed by atoms with Crippen molar-refractivity contribution in [1.82, 2.24) is 15.2 Å². The predicted molar refractivity (Wildman–Crippen MR) is 97.3 cm³/mol. The Bertz CT molecular complexity index is 944. The van der Waals surface area contributed by atoms with E-state index in [1.54, 1.807) is 6.07 Å². The van der Waals surface area contributed by atoms with Crippen LogP contribution in [0.4, 0.5) is 27.5 Å². The number of pyridine rings is 1. The number of hydrogen-bond acceptors (Lipinski definition) is 7. The Morgan fingerprint density at radius 3 is 2.59 bits per heavy atom. The molecular formula is C17H17FN6O3. The minimum atomic E-state index is -0.695. The fraction of sp³-hybridized carbons (Fsp3) is 0.176. The van der Waals surface area contributed by atoms with E-state index in [0.717, 1.165) is 5.69 Å². The van der Waals surface area contributed by atoms with Crippen molar-refractivity contribution in [2.24, 2.45) is 0 Å². The summed E-state index contributed by atoms with van der Waals surface area (Å²) in [5.74, 6) is 0.406. The second-order valence-corrected chi connectivity index (χ2v) is 5.81. The summed E-state index contributed by atoms with van der Waals surface area (Å²) in [6.07, 6.45) is 0. The van der Waals surface area contributed by atoms with Gasteiger partial charge in [-0.25, -0.2) is 9.37 Å². The van der Waals surface area contributed by atoms with Crippen LogP contribution in [-0.4, -0.2) is 31.8 Å². The van der Waals surface area contributed by atoms with Crippen molar-refractivity contribution in [3.63, 3.8) is 0 Å². The van der Waals surface area contributed by atoms with Gasteiger partial charge < -0.3 is 15.7 Å². The average molecular weight is 372 g/mol. The van der Waals surface area contributed by atoms with Crippen LogP contribution in [0.2, 0.25) is 0 Å². The summed E-state index contributed by atoms with van der Waals surface area (Å²) >= 11 is 0. The molecule has 0 aliphatic rings. The smallest absolute Gasteiger partial charge is 0.311 e. The summed E-state index contributed by atoms with van der Waals surface area (Å²) in [6, 6.07) is 9.30. The first-order valence-corrected chi connectivity index (χ1v) is 8.03. The molecule has 0 saturated heterocycles. The van der Waals surface area contributed by atoms with E-state index in [4.69, 9.17) is 0 Å². The second-order valence-electron chi connectivity index (χ2n) is 5.81. The maximum atomic E-state index is 13.1. The van der Waals surface area contributed by atoms with E-state index >= 15 is 0 Å². The SMILES string of the molecule is Cc1cc(Nc2ccc([N+](=O)[O-])c(N[C@@H](CO)c3ccc(F)cc3)n2)n[nH]1. The molecule has 0 spiro atoms. The van der Waals surface area contributed by atoms with E-state index in [-0.39, 0.29) is 18.1 Å². The van der Waals surface area contributed by atoms with Gasteiger partial charge in [0.15, 0.2) is 5.82 Å². The zero-order valence-electron chi connectivity index (χ0n) is 14.3. The summed E-state index contributed by atoms with van der Waals surface area (Å²) < 4.78 is 13.1. The summed E-state index contributed by atoms with van der Waals surface area (Å²) in [5, 5.41) is 33.6. The highest BCUT2D eigenvalue weighted by atomic mass is 19.1. The topological polar surface area (TPSA) is 129 Å². The maximum Gasteiger partial charge on any atom is 0.311 e. The highest BCUT2D eigenvalue weighted by molar-refractivity contribution is 5.63. The van der Waals surface area contributed by atoms with Crippen molar-refractivity contribution >= 4 is 23.1 Å². The van der Waals surface area contributed by atoms with Crippen molar-refractivity contribution < 1.29 is 14.4 Å².